The fourth-order valence-electron chi connectivity index (χ4n) is 3.11. The Bertz CT molecular complexity index is 426. The number of ether oxygens (including phenoxy) is 1. The molecule has 0 amide bonds. The van der Waals surface area contributed by atoms with E-state index in [9.17, 15) is 4.79 Å². The molecule has 0 bridgehead atoms. The highest BCUT2D eigenvalue weighted by molar-refractivity contribution is 5.82. The van der Waals surface area contributed by atoms with Crippen LogP contribution in [0.25, 0.3) is 0 Å². The maximum Gasteiger partial charge on any atom is 0.330 e. The van der Waals surface area contributed by atoms with Crippen molar-refractivity contribution in [2.75, 3.05) is 6.61 Å². The average Bonchev–Trinajstić information content (AvgIpc) is 2.99. The van der Waals surface area contributed by atoms with Crippen molar-refractivity contribution in [1.29, 1.82) is 0 Å². The van der Waals surface area contributed by atoms with Crippen LogP contribution in [0.15, 0.2) is 30.3 Å². The highest BCUT2D eigenvalue weighted by Crippen LogP contribution is 2.30. The molecule has 1 aliphatic rings. The van der Waals surface area contributed by atoms with Gasteiger partial charge in [-0.05, 0) is 31.7 Å². The lowest BCUT2D eigenvalue weighted by Gasteiger charge is -2.34. The van der Waals surface area contributed by atoms with E-state index >= 15 is 0 Å². The second-order valence-corrected chi connectivity index (χ2v) is 5.47. The van der Waals surface area contributed by atoms with E-state index in [1.165, 1.54) is 12.8 Å². The van der Waals surface area contributed by atoms with E-state index < -0.39 is 5.54 Å². The van der Waals surface area contributed by atoms with Crippen molar-refractivity contribution in [1.82, 2.24) is 5.32 Å². The van der Waals surface area contributed by atoms with Crippen LogP contribution in [0.4, 0.5) is 0 Å². The molecular weight excluding hydrogens is 250 g/mol. The molecule has 1 atom stereocenters. The Balaban J connectivity index is 2.31. The summed E-state index contributed by atoms with van der Waals surface area (Å²) in [6.45, 7) is 4.32. The summed E-state index contributed by atoms with van der Waals surface area (Å²) in [5.41, 5.74) is 0.305. The molecule has 1 N–H and O–H groups in total. The minimum atomic E-state index is -0.702. The summed E-state index contributed by atoms with van der Waals surface area (Å²) in [6, 6.07) is 10.4. The van der Waals surface area contributed by atoms with Gasteiger partial charge in [-0.1, -0.05) is 50.1 Å². The van der Waals surface area contributed by atoms with Crippen molar-refractivity contribution in [3.8, 4) is 0 Å². The predicted molar refractivity (Wildman–Crippen MR) is 80.4 cm³/mol. The molecule has 0 radical (unpaired) electrons. The van der Waals surface area contributed by atoms with Gasteiger partial charge in [-0.3, -0.25) is 5.32 Å². The van der Waals surface area contributed by atoms with E-state index in [4.69, 9.17) is 4.74 Å². The average molecular weight is 275 g/mol. The lowest BCUT2D eigenvalue weighted by atomic mass is 9.86. The Kier molecular flexibility index (Phi) is 5.18. The summed E-state index contributed by atoms with van der Waals surface area (Å²) in [5, 5.41) is 3.61. The Morgan fingerprint density at radius 1 is 1.25 bits per heavy atom. The number of carbonyl (C=O) groups is 1. The number of rotatable bonds is 6. The topological polar surface area (TPSA) is 38.3 Å². The zero-order chi connectivity index (χ0) is 14.4. The SMILES string of the molecule is CCOC(=O)C(CC)(NC1CCCC1)c1ccccc1. The van der Waals surface area contributed by atoms with Gasteiger partial charge in [-0.15, -0.1) is 0 Å². The second kappa shape index (κ2) is 6.89. The van der Waals surface area contributed by atoms with Crippen LogP contribution in [-0.2, 0) is 15.1 Å². The summed E-state index contributed by atoms with van der Waals surface area (Å²) in [6.07, 6.45) is 5.48. The monoisotopic (exact) mass is 275 g/mol. The van der Waals surface area contributed by atoms with E-state index in [2.05, 4.69) is 5.32 Å². The zero-order valence-electron chi connectivity index (χ0n) is 12.5. The first kappa shape index (κ1) is 15.0. The third-order valence-electron chi connectivity index (χ3n) is 4.23. The molecule has 20 heavy (non-hydrogen) atoms. The minimum absolute atomic E-state index is 0.152. The first-order valence-electron chi connectivity index (χ1n) is 7.73. The van der Waals surface area contributed by atoms with Crippen LogP contribution < -0.4 is 5.32 Å². The lowest BCUT2D eigenvalue weighted by molar-refractivity contribution is -0.152. The Morgan fingerprint density at radius 2 is 1.90 bits per heavy atom. The van der Waals surface area contributed by atoms with E-state index in [1.54, 1.807) is 0 Å². The van der Waals surface area contributed by atoms with Crippen LogP contribution in [0.1, 0.15) is 51.5 Å². The number of esters is 1. The van der Waals surface area contributed by atoms with Crippen molar-refractivity contribution < 1.29 is 9.53 Å². The van der Waals surface area contributed by atoms with Gasteiger partial charge in [-0.25, -0.2) is 4.79 Å². The summed E-state index contributed by atoms with van der Waals surface area (Å²) >= 11 is 0. The molecular formula is C17H25NO2. The minimum Gasteiger partial charge on any atom is -0.464 e. The normalized spacial score (nSPS) is 18.7. The van der Waals surface area contributed by atoms with E-state index in [-0.39, 0.29) is 5.97 Å². The molecule has 1 aromatic carbocycles. The number of hydrogen-bond acceptors (Lipinski definition) is 3. The van der Waals surface area contributed by atoms with Crippen LogP contribution >= 0.6 is 0 Å². The maximum absolute atomic E-state index is 12.6. The largest absolute Gasteiger partial charge is 0.464 e. The summed E-state index contributed by atoms with van der Waals surface area (Å²) in [4.78, 5) is 12.6. The van der Waals surface area contributed by atoms with Gasteiger partial charge in [0.1, 0.15) is 5.54 Å². The molecule has 0 aromatic heterocycles. The van der Waals surface area contributed by atoms with Crippen LogP contribution in [0.3, 0.4) is 0 Å². The van der Waals surface area contributed by atoms with Crippen LogP contribution in [0.5, 0.6) is 0 Å². The summed E-state index contributed by atoms with van der Waals surface area (Å²) < 4.78 is 5.36. The van der Waals surface area contributed by atoms with Gasteiger partial charge in [0, 0.05) is 6.04 Å². The first-order valence-corrected chi connectivity index (χ1v) is 7.73. The predicted octanol–water partition coefficient (Wildman–Crippen LogP) is 3.39. The number of nitrogens with one attached hydrogen (secondary N) is 1. The molecule has 0 spiro atoms. The Morgan fingerprint density at radius 3 is 2.45 bits per heavy atom. The maximum atomic E-state index is 12.6. The molecule has 1 aliphatic carbocycles. The number of benzene rings is 1. The van der Waals surface area contributed by atoms with Crippen molar-refractivity contribution in [2.24, 2.45) is 0 Å². The van der Waals surface area contributed by atoms with Crippen LogP contribution in [0.2, 0.25) is 0 Å². The van der Waals surface area contributed by atoms with Gasteiger partial charge < -0.3 is 4.74 Å². The number of hydrogen-bond donors (Lipinski definition) is 1. The molecule has 0 saturated heterocycles. The van der Waals surface area contributed by atoms with Crippen molar-refractivity contribution in [3.63, 3.8) is 0 Å². The van der Waals surface area contributed by atoms with Crippen molar-refractivity contribution in [3.05, 3.63) is 35.9 Å². The van der Waals surface area contributed by atoms with Gasteiger partial charge in [0.2, 0.25) is 0 Å². The van der Waals surface area contributed by atoms with Crippen LogP contribution in [0, 0.1) is 0 Å². The van der Waals surface area contributed by atoms with Gasteiger partial charge in [-0.2, -0.15) is 0 Å². The van der Waals surface area contributed by atoms with Gasteiger partial charge in [0.05, 0.1) is 6.61 Å². The van der Waals surface area contributed by atoms with Gasteiger partial charge in [0.15, 0.2) is 0 Å². The molecule has 1 fully saturated rings. The first-order chi connectivity index (χ1) is 9.73. The zero-order valence-corrected chi connectivity index (χ0v) is 12.5. The standard InChI is InChI=1S/C17H25NO2/c1-3-17(16(19)20-4-2,14-10-6-5-7-11-14)18-15-12-8-9-13-15/h5-7,10-11,15,18H,3-4,8-9,12-13H2,1-2H3. The molecule has 1 aromatic rings. The second-order valence-electron chi connectivity index (χ2n) is 5.47. The van der Waals surface area contributed by atoms with Crippen molar-refractivity contribution >= 4 is 5.97 Å². The highest BCUT2D eigenvalue weighted by Gasteiger charge is 2.41. The fourth-order valence-corrected chi connectivity index (χ4v) is 3.11. The van der Waals surface area contributed by atoms with E-state index in [0.717, 1.165) is 18.4 Å². The number of carbonyl (C=O) groups excluding carboxylic acids is 1. The third kappa shape index (κ3) is 3.04. The Hall–Kier alpha value is -1.35. The molecule has 0 aliphatic heterocycles. The summed E-state index contributed by atoms with van der Waals surface area (Å²) in [5.74, 6) is -0.152. The van der Waals surface area contributed by atoms with Crippen molar-refractivity contribution in [2.45, 2.75) is 57.5 Å². The molecule has 110 valence electrons. The fraction of sp³-hybridized carbons (Fsp3) is 0.588. The molecule has 2 rings (SSSR count). The van der Waals surface area contributed by atoms with Gasteiger partial charge in [0.25, 0.3) is 0 Å². The van der Waals surface area contributed by atoms with E-state index in [0.29, 0.717) is 19.1 Å². The van der Waals surface area contributed by atoms with Gasteiger partial charge >= 0.3 is 5.97 Å². The third-order valence-corrected chi connectivity index (χ3v) is 4.23. The quantitative estimate of drug-likeness (QED) is 0.809. The summed E-state index contributed by atoms with van der Waals surface area (Å²) in [7, 11) is 0. The van der Waals surface area contributed by atoms with Crippen LogP contribution in [-0.4, -0.2) is 18.6 Å². The molecule has 3 nitrogen and oxygen atoms in total. The molecule has 3 heteroatoms. The molecule has 0 heterocycles. The highest BCUT2D eigenvalue weighted by atomic mass is 16.5. The van der Waals surface area contributed by atoms with E-state index in [1.807, 2.05) is 44.2 Å². The smallest absolute Gasteiger partial charge is 0.330 e. The lowest BCUT2D eigenvalue weighted by Crippen LogP contribution is -2.53. The molecule has 1 unspecified atom stereocenters. The Labute approximate surface area is 121 Å². The molecule has 1 saturated carbocycles.